The number of rotatable bonds is 6. The second kappa shape index (κ2) is 9.88. The lowest BCUT2D eigenvalue weighted by Crippen LogP contribution is -2.29. The number of hydrogen-bond acceptors (Lipinski definition) is 3. The number of amides is 3. The van der Waals surface area contributed by atoms with Crippen LogP contribution in [0.3, 0.4) is 0 Å². The summed E-state index contributed by atoms with van der Waals surface area (Å²) in [6.07, 6.45) is 1.22. The number of nitrogens with one attached hydrogen (secondary N) is 2. The Labute approximate surface area is 197 Å². The molecule has 1 saturated heterocycles. The summed E-state index contributed by atoms with van der Waals surface area (Å²) < 4.78 is 0. The highest BCUT2D eigenvalue weighted by Gasteiger charge is 2.26. The Morgan fingerprint density at radius 3 is 2.52 bits per heavy atom. The summed E-state index contributed by atoms with van der Waals surface area (Å²) in [6, 6.07) is 19.6. The van der Waals surface area contributed by atoms with E-state index in [-0.39, 0.29) is 24.3 Å². The van der Waals surface area contributed by atoms with Crippen LogP contribution in [-0.2, 0) is 11.3 Å². The van der Waals surface area contributed by atoms with Crippen molar-refractivity contribution in [2.45, 2.75) is 26.3 Å². The van der Waals surface area contributed by atoms with Gasteiger partial charge in [-0.1, -0.05) is 41.4 Å². The highest BCUT2D eigenvalue weighted by molar-refractivity contribution is 6.31. The number of hydrogen-bond donors (Lipinski definition) is 2. The van der Waals surface area contributed by atoms with E-state index in [4.69, 9.17) is 11.6 Å². The number of anilines is 2. The summed E-state index contributed by atoms with van der Waals surface area (Å²) in [4.78, 5) is 39.2. The summed E-state index contributed by atoms with van der Waals surface area (Å²) in [7, 11) is 0. The Morgan fingerprint density at radius 2 is 1.79 bits per heavy atom. The molecule has 4 rings (SSSR count). The van der Waals surface area contributed by atoms with Crippen molar-refractivity contribution in [1.82, 2.24) is 5.32 Å². The Morgan fingerprint density at radius 1 is 1.00 bits per heavy atom. The van der Waals surface area contributed by atoms with Crippen molar-refractivity contribution in [3.63, 3.8) is 0 Å². The number of carbonyl (C=O) groups is 3. The molecule has 3 amide bonds. The van der Waals surface area contributed by atoms with E-state index in [1.807, 2.05) is 37.3 Å². The number of halogens is 1. The number of nitrogens with zero attached hydrogens (tertiary/aromatic N) is 1. The van der Waals surface area contributed by atoms with Gasteiger partial charge in [0.15, 0.2) is 0 Å². The van der Waals surface area contributed by atoms with Crippen LogP contribution in [0, 0.1) is 6.92 Å². The standard InChI is InChI=1S/C26H24ClN3O3/c1-17-7-9-19(10-8-17)25(32)29-21-5-2-4-18(14-21)16-28-26(33)22-12-11-20(27)15-23(22)30-13-3-6-24(30)31/h2,4-5,7-12,14-15H,3,6,13,16H2,1H3,(H,28,33)(H,29,32). The van der Waals surface area contributed by atoms with E-state index >= 15 is 0 Å². The molecule has 168 valence electrons. The van der Waals surface area contributed by atoms with E-state index in [2.05, 4.69) is 10.6 Å². The molecule has 0 aromatic heterocycles. The van der Waals surface area contributed by atoms with E-state index in [1.165, 1.54) is 0 Å². The second-order valence-corrected chi connectivity index (χ2v) is 8.45. The maximum atomic E-state index is 12.9. The number of benzene rings is 3. The Kier molecular flexibility index (Phi) is 6.75. The fourth-order valence-electron chi connectivity index (χ4n) is 3.77. The van der Waals surface area contributed by atoms with Crippen LogP contribution in [0.4, 0.5) is 11.4 Å². The molecule has 0 radical (unpaired) electrons. The third-order valence-corrected chi connectivity index (χ3v) is 5.76. The molecule has 2 N–H and O–H groups in total. The van der Waals surface area contributed by atoms with Gasteiger partial charge in [-0.25, -0.2) is 0 Å². The van der Waals surface area contributed by atoms with Gasteiger partial charge in [0.05, 0.1) is 11.3 Å². The van der Waals surface area contributed by atoms with Crippen LogP contribution in [0.2, 0.25) is 5.02 Å². The van der Waals surface area contributed by atoms with Crippen molar-refractivity contribution >= 4 is 40.7 Å². The molecule has 0 aliphatic carbocycles. The Bertz CT molecular complexity index is 1210. The third-order valence-electron chi connectivity index (χ3n) is 5.52. The summed E-state index contributed by atoms with van der Waals surface area (Å²) in [5, 5.41) is 6.25. The maximum absolute atomic E-state index is 12.9. The smallest absolute Gasteiger partial charge is 0.255 e. The highest BCUT2D eigenvalue weighted by Crippen LogP contribution is 2.28. The fourth-order valence-corrected chi connectivity index (χ4v) is 3.93. The first-order valence-electron chi connectivity index (χ1n) is 10.8. The van der Waals surface area contributed by atoms with Gasteiger partial charge >= 0.3 is 0 Å². The topological polar surface area (TPSA) is 78.5 Å². The molecule has 7 heteroatoms. The van der Waals surface area contributed by atoms with Crippen molar-refractivity contribution in [2.24, 2.45) is 0 Å². The zero-order valence-electron chi connectivity index (χ0n) is 18.2. The van der Waals surface area contributed by atoms with Crippen molar-refractivity contribution in [3.8, 4) is 0 Å². The first-order valence-corrected chi connectivity index (χ1v) is 11.1. The highest BCUT2D eigenvalue weighted by atomic mass is 35.5. The normalized spacial score (nSPS) is 13.2. The van der Waals surface area contributed by atoms with E-state index in [0.717, 1.165) is 17.5 Å². The Balaban J connectivity index is 1.44. The molecule has 0 spiro atoms. The van der Waals surface area contributed by atoms with Crippen molar-refractivity contribution in [2.75, 3.05) is 16.8 Å². The van der Waals surface area contributed by atoms with E-state index in [1.54, 1.807) is 41.3 Å². The molecule has 3 aromatic rings. The van der Waals surface area contributed by atoms with Gasteiger partial charge in [-0.3, -0.25) is 14.4 Å². The molecule has 33 heavy (non-hydrogen) atoms. The van der Waals surface area contributed by atoms with Gasteiger partial charge in [0.25, 0.3) is 11.8 Å². The molecule has 1 heterocycles. The first kappa shape index (κ1) is 22.6. The maximum Gasteiger partial charge on any atom is 0.255 e. The van der Waals surface area contributed by atoms with Crippen molar-refractivity contribution in [1.29, 1.82) is 0 Å². The minimum absolute atomic E-state index is 0.0108. The monoisotopic (exact) mass is 461 g/mol. The van der Waals surface area contributed by atoms with Gasteiger partial charge in [0.1, 0.15) is 0 Å². The lowest BCUT2D eigenvalue weighted by atomic mass is 10.1. The molecular formula is C26H24ClN3O3. The van der Waals surface area contributed by atoms with Gasteiger partial charge in [-0.05, 0) is 61.4 Å². The number of aryl methyl sites for hydroxylation is 1. The van der Waals surface area contributed by atoms with E-state index in [9.17, 15) is 14.4 Å². The molecule has 0 unspecified atom stereocenters. The van der Waals surface area contributed by atoms with E-state index < -0.39 is 0 Å². The van der Waals surface area contributed by atoms with Gasteiger partial charge in [0, 0.05) is 35.8 Å². The second-order valence-electron chi connectivity index (χ2n) is 8.01. The summed E-state index contributed by atoms with van der Waals surface area (Å²) in [5.41, 5.74) is 4.06. The van der Waals surface area contributed by atoms with Gasteiger partial charge in [-0.15, -0.1) is 0 Å². The summed E-state index contributed by atoms with van der Waals surface area (Å²) in [5.74, 6) is -0.504. The van der Waals surface area contributed by atoms with Crippen LogP contribution >= 0.6 is 11.6 Å². The van der Waals surface area contributed by atoms with Gasteiger partial charge in [-0.2, -0.15) is 0 Å². The van der Waals surface area contributed by atoms with Crippen molar-refractivity contribution < 1.29 is 14.4 Å². The van der Waals surface area contributed by atoms with Crippen LogP contribution in [0.15, 0.2) is 66.7 Å². The fraction of sp³-hybridized carbons (Fsp3) is 0.192. The molecule has 0 bridgehead atoms. The summed E-state index contributed by atoms with van der Waals surface area (Å²) >= 11 is 6.13. The van der Waals surface area contributed by atoms with E-state index in [0.29, 0.717) is 40.5 Å². The zero-order chi connectivity index (χ0) is 23.4. The first-order chi connectivity index (χ1) is 15.9. The quantitative estimate of drug-likeness (QED) is 0.544. The Hall–Kier alpha value is -3.64. The molecule has 1 aliphatic rings. The largest absolute Gasteiger partial charge is 0.348 e. The molecule has 1 aliphatic heterocycles. The third kappa shape index (κ3) is 5.41. The predicted molar refractivity (Wildman–Crippen MR) is 130 cm³/mol. The average Bonchev–Trinajstić information content (AvgIpc) is 3.23. The van der Waals surface area contributed by atoms with Crippen LogP contribution in [0.1, 0.15) is 44.7 Å². The predicted octanol–water partition coefficient (Wildman–Crippen LogP) is 4.96. The van der Waals surface area contributed by atoms with Crippen LogP contribution in [-0.4, -0.2) is 24.3 Å². The average molecular weight is 462 g/mol. The lowest BCUT2D eigenvalue weighted by Gasteiger charge is -2.20. The molecule has 0 saturated carbocycles. The van der Waals surface area contributed by atoms with Gasteiger partial charge < -0.3 is 15.5 Å². The molecule has 6 nitrogen and oxygen atoms in total. The van der Waals surface area contributed by atoms with Crippen LogP contribution < -0.4 is 15.5 Å². The van der Waals surface area contributed by atoms with Crippen LogP contribution in [0.25, 0.3) is 0 Å². The molecule has 0 atom stereocenters. The van der Waals surface area contributed by atoms with Crippen molar-refractivity contribution in [3.05, 3.63) is 94.0 Å². The van der Waals surface area contributed by atoms with Crippen LogP contribution in [0.5, 0.6) is 0 Å². The molecule has 1 fully saturated rings. The minimum Gasteiger partial charge on any atom is -0.348 e. The summed E-state index contributed by atoms with van der Waals surface area (Å²) in [6.45, 7) is 2.81. The minimum atomic E-state index is -0.296. The van der Waals surface area contributed by atoms with Gasteiger partial charge in [0.2, 0.25) is 5.91 Å². The number of carbonyl (C=O) groups excluding carboxylic acids is 3. The lowest BCUT2D eigenvalue weighted by molar-refractivity contribution is -0.117. The SMILES string of the molecule is Cc1ccc(C(=O)Nc2cccc(CNC(=O)c3ccc(Cl)cc3N3CCCC3=O)c2)cc1. The zero-order valence-corrected chi connectivity index (χ0v) is 19.0. The molecule has 3 aromatic carbocycles. The molecular weight excluding hydrogens is 438 g/mol.